The van der Waals surface area contributed by atoms with E-state index in [1.807, 2.05) is 51.1 Å². The number of carbonyl (C=O) groups excluding carboxylic acids is 1. The second-order valence-corrected chi connectivity index (χ2v) is 10.7. The van der Waals surface area contributed by atoms with Crippen molar-refractivity contribution < 1.29 is 13.9 Å². The normalized spacial score (nSPS) is 11.4. The summed E-state index contributed by atoms with van der Waals surface area (Å²) in [6, 6.07) is 20.4. The summed E-state index contributed by atoms with van der Waals surface area (Å²) >= 11 is 3.44. The van der Waals surface area contributed by atoms with Crippen molar-refractivity contribution in [2.75, 3.05) is 11.9 Å². The van der Waals surface area contributed by atoms with Crippen LogP contribution in [0.15, 0.2) is 87.2 Å². The number of hydrogen-bond acceptors (Lipinski definition) is 5. The molecule has 1 N–H and O–H groups in total. The minimum absolute atomic E-state index is 0.182. The molecule has 0 aliphatic rings. The van der Waals surface area contributed by atoms with E-state index in [-0.39, 0.29) is 23.9 Å². The third-order valence-corrected chi connectivity index (χ3v) is 7.22. The lowest BCUT2D eigenvalue weighted by molar-refractivity contribution is -0.118. The highest BCUT2D eigenvalue weighted by atomic mass is 79.9. The van der Waals surface area contributed by atoms with Crippen LogP contribution in [0.4, 0.5) is 10.1 Å². The molecule has 0 radical (unpaired) electrons. The summed E-state index contributed by atoms with van der Waals surface area (Å²) in [5.74, 6) is 0.436. The molecule has 5 aromatic rings. The molecule has 2 heterocycles. The number of halogens is 2. The summed E-state index contributed by atoms with van der Waals surface area (Å²) in [6.45, 7) is 5.85. The van der Waals surface area contributed by atoms with Gasteiger partial charge in [0.1, 0.15) is 17.4 Å². The Morgan fingerprint density at radius 1 is 1.07 bits per heavy atom. The van der Waals surface area contributed by atoms with Crippen LogP contribution in [-0.2, 0) is 11.2 Å². The maximum Gasteiger partial charge on any atom is 0.282 e. The smallest absolute Gasteiger partial charge is 0.282 e. The number of amides is 1. The van der Waals surface area contributed by atoms with Gasteiger partial charge < -0.3 is 14.6 Å². The quantitative estimate of drug-likeness (QED) is 0.187. The molecule has 0 fully saturated rings. The molecule has 8 nitrogen and oxygen atoms in total. The summed E-state index contributed by atoms with van der Waals surface area (Å²) in [6.07, 6.45) is 3.15. The lowest BCUT2D eigenvalue weighted by Crippen LogP contribution is -2.22. The molecular formula is C32H29BrFN5O3. The molecule has 0 atom stereocenters. The third kappa shape index (κ3) is 6.33. The Morgan fingerprint density at radius 2 is 1.81 bits per heavy atom. The number of nitrogens with zero attached hydrogens (tertiary/aromatic N) is 4. The largest absolute Gasteiger partial charge is 0.484 e. The number of aryl methyl sites for hydroxylation is 2. The Hall–Kier alpha value is -4.57. The van der Waals surface area contributed by atoms with Crippen molar-refractivity contribution in [3.05, 3.63) is 116 Å². The minimum atomic E-state index is -0.371. The summed E-state index contributed by atoms with van der Waals surface area (Å²) in [7, 11) is 0. The van der Waals surface area contributed by atoms with Crippen molar-refractivity contribution in [3.63, 3.8) is 0 Å². The second kappa shape index (κ2) is 12.5. The van der Waals surface area contributed by atoms with Crippen LogP contribution in [0.1, 0.15) is 36.1 Å². The van der Waals surface area contributed by atoms with Crippen LogP contribution in [-0.4, -0.2) is 33.0 Å². The summed E-state index contributed by atoms with van der Waals surface area (Å²) < 4.78 is 23.0. The fourth-order valence-corrected chi connectivity index (χ4v) is 5.07. The first-order chi connectivity index (χ1) is 20.2. The molecule has 10 heteroatoms. The molecule has 42 heavy (non-hydrogen) atoms. The van der Waals surface area contributed by atoms with Gasteiger partial charge in [-0.15, -0.1) is 0 Å². The van der Waals surface area contributed by atoms with Crippen LogP contribution < -0.4 is 15.6 Å². The van der Waals surface area contributed by atoms with Gasteiger partial charge in [-0.3, -0.25) is 9.59 Å². The number of nitrogens with one attached hydrogen (secondary N) is 1. The molecule has 5 rings (SSSR count). The number of fused-ring (bicyclic) bond motifs is 1. The van der Waals surface area contributed by atoms with Crippen LogP contribution >= 0.6 is 15.9 Å². The highest BCUT2D eigenvalue weighted by Gasteiger charge is 2.13. The first-order valence-electron chi connectivity index (χ1n) is 13.5. The van der Waals surface area contributed by atoms with E-state index in [9.17, 15) is 14.0 Å². The van der Waals surface area contributed by atoms with E-state index in [2.05, 4.69) is 30.9 Å². The molecular weight excluding hydrogens is 601 g/mol. The maximum absolute atomic E-state index is 13.3. The lowest BCUT2D eigenvalue weighted by atomic mass is 10.2. The zero-order chi connectivity index (χ0) is 29.8. The number of ether oxygens (including phenoxy) is 1. The van der Waals surface area contributed by atoms with E-state index in [0.717, 1.165) is 33.5 Å². The maximum atomic E-state index is 13.3. The predicted molar refractivity (Wildman–Crippen MR) is 166 cm³/mol. The molecule has 0 aliphatic heterocycles. The van der Waals surface area contributed by atoms with E-state index in [4.69, 9.17) is 9.72 Å². The van der Waals surface area contributed by atoms with Gasteiger partial charge in [-0.25, -0.2) is 9.37 Å². The van der Waals surface area contributed by atoms with Crippen LogP contribution in [0.25, 0.3) is 16.6 Å². The Kier molecular flexibility index (Phi) is 8.63. The summed E-state index contributed by atoms with van der Waals surface area (Å²) in [5, 5.41) is 7.75. The number of aromatic nitrogens is 3. The Labute approximate surface area is 250 Å². The zero-order valence-electron chi connectivity index (χ0n) is 23.4. The molecule has 0 saturated heterocycles. The Bertz CT molecular complexity index is 1840. The van der Waals surface area contributed by atoms with Gasteiger partial charge in [-0.1, -0.05) is 22.9 Å². The Balaban J connectivity index is 1.33. The van der Waals surface area contributed by atoms with Crippen molar-refractivity contribution in [2.24, 2.45) is 5.10 Å². The Morgan fingerprint density at radius 3 is 2.52 bits per heavy atom. The first-order valence-corrected chi connectivity index (χ1v) is 14.3. The van der Waals surface area contributed by atoms with E-state index >= 15 is 0 Å². The van der Waals surface area contributed by atoms with Crippen molar-refractivity contribution in [1.29, 1.82) is 0 Å². The SMILES string of the molecule is CCCc1nc2ccc(Br)cc2c(=O)n1N=Cc1cc(C)n(-c2ccc(OCC(=O)Nc3ccc(F)cc3)cc2)c1C. The molecule has 0 unspecified atom stereocenters. The van der Waals surface area contributed by atoms with E-state index in [1.165, 1.54) is 28.9 Å². The van der Waals surface area contributed by atoms with Crippen molar-refractivity contribution >= 4 is 44.6 Å². The molecule has 2 aromatic heterocycles. The molecule has 214 valence electrons. The highest BCUT2D eigenvalue weighted by Crippen LogP contribution is 2.23. The van der Waals surface area contributed by atoms with Crippen LogP contribution in [0.2, 0.25) is 0 Å². The third-order valence-electron chi connectivity index (χ3n) is 6.72. The fourth-order valence-electron chi connectivity index (χ4n) is 4.71. The van der Waals surface area contributed by atoms with Gasteiger partial charge in [0.05, 0.1) is 17.1 Å². The van der Waals surface area contributed by atoms with Gasteiger partial charge in [0.2, 0.25) is 0 Å². The predicted octanol–water partition coefficient (Wildman–Crippen LogP) is 6.56. The van der Waals surface area contributed by atoms with Crippen molar-refractivity contribution in [3.8, 4) is 11.4 Å². The lowest BCUT2D eigenvalue weighted by Gasteiger charge is -2.12. The van der Waals surface area contributed by atoms with Crippen LogP contribution in [0.5, 0.6) is 5.75 Å². The monoisotopic (exact) mass is 629 g/mol. The van der Waals surface area contributed by atoms with Crippen molar-refractivity contribution in [1.82, 2.24) is 14.2 Å². The number of hydrogen-bond donors (Lipinski definition) is 1. The van der Waals surface area contributed by atoms with Gasteiger partial charge >= 0.3 is 0 Å². The first kappa shape index (κ1) is 28.9. The van der Waals surface area contributed by atoms with Gasteiger partial charge in [-0.05, 0) is 93.1 Å². The van der Waals surface area contributed by atoms with Crippen LogP contribution in [0.3, 0.4) is 0 Å². The average molecular weight is 631 g/mol. The standard InChI is InChI=1S/C32H29BrFN5O3/c1-4-5-30-37-29-15-6-23(33)17-28(29)32(41)39(30)35-18-22-16-20(2)38(21(22)3)26-11-13-27(14-12-26)42-19-31(40)36-25-9-7-24(34)8-10-25/h6-18H,4-5,19H2,1-3H3,(H,36,40). The van der Waals surface area contributed by atoms with Crippen LogP contribution in [0, 0.1) is 19.7 Å². The number of benzene rings is 3. The highest BCUT2D eigenvalue weighted by molar-refractivity contribution is 9.10. The molecule has 0 saturated carbocycles. The van der Waals surface area contributed by atoms with E-state index in [0.29, 0.717) is 34.6 Å². The molecule has 0 spiro atoms. The second-order valence-electron chi connectivity index (χ2n) is 9.80. The molecule has 0 bridgehead atoms. The molecule has 1 amide bonds. The van der Waals surface area contributed by atoms with E-state index in [1.54, 1.807) is 24.4 Å². The fraction of sp³-hybridized carbons (Fsp3) is 0.188. The zero-order valence-corrected chi connectivity index (χ0v) is 25.0. The number of anilines is 1. The number of carbonyl (C=O) groups is 1. The average Bonchev–Trinajstić information content (AvgIpc) is 3.26. The topological polar surface area (TPSA) is 90.5 Å². The number of rotatable bonds is 9. The summed E-state index contributed by atoms with van der Waals surface area (Å²) in [5.41, 5.74) is 4.65. The van der Waals surface area contributed by atoms with Gasteiger partial charge in [0.25, 0.3) is 11.5 Å². The van der Waals surface area contributed by atoms with Crippen molar-refractivity contribution in [2.45, 2.75) is 33.6 Å². The molecule has 0 aliphatic carbocycles. The van der Waals surface area contributed by atoms with Gasteiger partial charge in [0.15, 0.2) is 6.61 Å². The molecule has 3 aromatic carbocycles. The van der Waals surface area contributed by atoms with Gasteiger partial charge in [0, 0.05) is 39.2 Å². The summed E-state index contributed by atoms with van der Waals surface area (Å²) in [4.78, 5) is 30.2. The van der Waals surface area contributed by atoms with E-state index < -0.39 is 0 Å². The minimum Gasteiger partial charge on any atom is -0.484 e. The van der Waals surface area contributed by atoms with Gasteiger partial charge in [-0.2, -0.15) is 9.78 Å².